The molecule has 1 saturated heterocycles. The highest BCUT2D eigenvalue weighted by atomic mass is 19.1. The number of furan rings is 1. The second-order valence-corrected chi connectivity index (χ2v) is 8.32. The standard InChI is InChI=1S/C20H27FN2O2/c1-12(2)19-20(11-23(19)3)8-16(17(24)9-20)22-10-15-7-13-6-14(21)4-5-18(13)25-15/h4-7,12,16-17,19,22,24H,8-11H2,1-3H3/t16-,17-,19?,20?/m1/s1. The quantitative estimate of drug-likeness (QED) is 0.893. The maximum Gasteiger partial charge on any atom is 0.134 e. The summed E-state index contributed by atoms with van der Waals surface area (Å²) in [5.74, 6) is 1.12. The van der Waals surface area contributed by atoms with Crippen LogP contribution in [0.2, 0.25) is 0 Å². The third-order valence-corrected chi connectivity index (χ3v) is 6.07. The molecule has 2 aromatic rings. The highest BCUT2D eigenvalue weighted by Gasteiger charge is 2.57. The third kappa shape index (κ3) is 2.88. The summed E-state index contributed by atoms with van der Waals surface area (Å²) in [4.78, 5) is 2.41. The zero-order valence-corrected chi connectivity index (χ0v) is 15.1. The van der Waals surface area contributed by atoms with Crippen LogP contribution in [0.25, 0.3) is 11.0 Å². The van der Waals surface area contributed by atoms with Gasteiger partial charge in [0, 0.05) is 29.4 Å². The molecule has 0 bridgehead atoms. The number of aliphatic hydroxyl groups is 1. The Balaban J connectivity index is 1.43. The van der Waals surface area contributed by atoms with E-state index in [0.717, 1.165) is 30.5 Å². The lowest BCUT2D eigenvalue weighted by Crippen LogP contribution is -2.64. The number of nitrogens with one attached hydrogen (secondary N) is 1. The van der Waals surface area contributed by atoms with Crippen molar-refractivity contribution in [3.05, 3.63) is 35.8 Å². The molecule has 0 radical (unpaired) electrons. The molecule has 1 spiro atoms. The number of halogens is 1. The van der Waals surface area contributed by atoms with Gasteiger partial charge in [-0.3, -0.25) is 0 Å². The molecule has 1 aliphatic carbocycles. The van der Waals surface area contributed by atoms with Gasteiger partial charge in [0.15, 0.2) is 0 Å². The summed E-state index contributed by atoms with van der Waals surface area (Å²) in [5, 5.41) is 14.8. The van der Waals surface area contributed by atoms with Crippen molar-refractivity contribution >= 4 is 11.0 Å². The maximum atomic E-state index is 13.3. The molecule has 2 unspecified atom stereocenters. The predicted octanol–water partition coefficient (Wildman–Crippen LogP) is 3.14. The summed E-state index contributed by atoms with van der Waals surface area (Å²) in [5.41, 5.74) is 0.930. The third-order valence-electron chi connectivity index (χ3n) is 6.07. The molecule has 1 aromatic heterocycles. The van der Waals surface area contributed by atoms with Crippen LogP contribution < -0.4 is 5.32 Å². The summed E-state index contributed by atoms with van der Waals surface area (Å²) < 4.78 is 19.1. The molecule has 25 heavy (non-hydrogen) atoms. The van der Waals surface area contributed by atoms with Crippen molar-refractivity contribution in [2.24, 2.45) is 11.3 Å². The van der Waals surface area contributed by atoms with Crippen LogP contribution in [0.5, 0.6) is 0 Å². The van der Waals surface area contributed by atoms with E-state index in [1.165, 1.54) is 12.1 Å². The zero-order chi connectivity index (χ0) is 17.8. The summed E-state index contributed by atoms with van der Waals surface area (Å²) in [7, 11) is 2.18. The Morgan fingerprint density at radius 1 is 1.36 bits per heavy atom. The average Bonchev–Trinajstić information content (AvgIpc) is 3.05. The molecule has 4 atom stereocenters. The Kier molecular flexibility index (Phi) is 4.13. The fourth-order valence-electron chi connectivity index (χ4n) is 5.44. The lowest BCUT2D eigenvalue weighted by molar-refractivity contribution is -0.0828. The Labute approximate surface area is 148 Å². The lowest BCUT2D eigenvalue weighted by Gasteiger charge is -2.57. The first-order chi connectivity index (χ1) is 11.9. The molecule has 4 rings (SSSR count). The Morgan fingerprint density at radius 3 is 2.88 bits per heavy atom. The molecular formula is C20H27FN2O2. The van der Waals surface area contributed by atoms with Crippen LogP contribution in [0.3, 0.4) is 0 Å². The van der Waals surface area contributed by atoms with Crippen LogP contribution in [-0.4, -0.2) is 41.8 Å². The fraction of sp³-hybridized carbons (Fsp3) is 0.600. The first kappa shape index (κ1) is 17.0. The van der Waals surface area contributed by atoms with Crippen LogP contribution in [-0.2, 0) is 6.54 Å². The molecule has 1 aliphatic heterocycles. The van der Waals surface area contributed by atoms with Gasteiger partial charge in [-0.05, 0) is 50.1 Å². The molecule has 0 amide bonds. The maximum absolute atomic E-state index is 13.3. The topological polar surface area (TPSA) is 48.6 Å². The lowest BCUT2D eigenvalue weighted by atomic mass is 9.66. The number of hydrogen-bond donors (Lipinski definition) is 2. The van der Waals surface area contributed by atoms with Crippen molar-refractivity contribution in [3.8, 4) is 0 Å². The van der Waals surface area contributed by atoms with E-state index in [0.29, 0.717) is 24.1 Å². The highest BCUT2D eigenvalue weighted by molar-refractivity contribution is 5.77. The molecule has 4 nitrogen and oxygen atoms in total. The van der Waals surface area contributed by atoms with Crippen LogP contribution in [0.1, 0.15) is 32.4 Å². The van der Waals surface area contributed by atoms with Gasteiger partial charge in [0.25, 0.3) is 0 Å². The van der Waals surface area contributed by atoms with Gasteiger partial charge in [-0.1, -0.05) is 13.8 Å². The monoisotopic (exact) mass is 346 g/mol. The molecule has 2 N–H and O–H groups in total. The van der Waals surface area contributed by atoms with Gasteiger partial charge in [0.1, 0.15) is 17.2 Å². The first-order valence-electron chi connectivity index (χ1n) is 9.18. The molecule has 136 valence electrons. The minimum absolute atomic E-state index is 0.0832. The molecule has 1 saturated carbocycles. The van der Waals surface area contributed by atoms with Crippen molar-refractivity contribution in [1.29, 1.82) is 0 Å². The molecule has 2 aliphatic rings. The first-order valence-corrected chi connectivity index (χ1v) is 9.18. The van der Waals surface area contributed by atoms with E-state index in [-0.39, 0.29) is 23.4 Å². The SMILES string of the molecule is CC(C)C1N(C)CC12C[C@@H](O)[C@H](NCc1cc3cc(F)ccc3o1)C2. The van der Waals surface area contributed by atoms with Crippen molar-refractivity contribution in [2.75, 3.05) is 13.6 Å². The number of rotatable bonds is 4. The number of benzene rings is 1. The van der Waals surface area contributed by atoms with Gasteiger partial charge >= 0.3 is 0 Å². The van der Waals surface area contributed by atoms with E-state index in [1.807, 2.05) is 6.07 Å². The summed E-state index contributed by atoms with van der Waals surface area (Å²) in [6.45, 7) is 6.15. The zero-order valence-electron chi connectivity index (χ0n) is 15.1. The Bertz CT molecular complexity index is 769. The van der Waals surface area contributed by atoms with Crippen molar-refractivity contribution in [3.63, 3.8) is 0 Å². The predicted molar refractivity (Wildman–Crippen MR) is 95.7 cm³/mol. The summed E-state index contributed by atoms with van der Waals surface area (Å²) in [6, 6.07) is 7.05. The van der Waals surface area contributed by atoms with Gasteiger partial charge in [0.2, 0.25) is 0 Å². The minimum atomic E-state index is -0.322. The second-order valence-electron chi connectivity index (χ2n) is 8.32. The minimum Gasteiger partial charge on any atom is -0.460 e. The highest BCUT2D eigenvalue weighted by Crippen LogP contribution is 2.52. The van der Waals surface area contributed by atoms with Gasteiger partial charge in [-0.15, -0.1) is 0 Å². The van der Waals surface area contributed by atoms with Crippen LogP contribution in [0, 0.1) is 17.2 Å². The van der Waals surface area contributed by atoms with Crippen LogP contribution in [0.15, 0.2) is 28.7 Å². The number of hydrogen-bond acceptors (Lipinski definition) is 4. The summed E-state index contributed by atoms with van der Waals surface area (Å²) >= 11 is 0. The van der Waals surface area contributed by atoms with E-state index in [9.17, 15) is 9.50 Å². The van der Waals surface area contributed by atoms with E-state index in [1.54, 1.807) is 6.07 Å². The molecule has 5 heteroatoms. The van der Waals surface area contributed by atoms with E-state index in [2.05, 4.69) is 31.1 Å². The molecule has 2 heterocycles. The van der Waals surface area contributed by atoms with Crippen LogP contribution in [0.4, 0.5) is 4.39 Å². The van der Waals surface area contributed by atoms with Crippen molar-refractivity contribution in [2.45, 2.75) is 51.4 Å². The van der Waals surface area contributed by atoms with Gasteiger partial charge in [-0.25, -0.2) is 4.39 Å². The number of likely N-dealkylation sites (tertiary alicyclic amines) is 1. The average molecular weight is 346 g/mol. The van der Waals surface area contributed by atoms with E-state index >= 15 is 0 Å². The van der Waals surface area contributed by atoms with E-state index in [4.69, 9.17) is 4.42 Å². The van der Waals surface area contributed by atoms with Gasteiger partial charge in [-0.2, -0.15) is 0 Å². The van der Waals surface area contributed by atoms with E-state index < -0.39 is 0 Å². The smallest absolute Gasteiger partial charge is 0.134 e. The number of fused-ring (bicyclic) bond motifs is 1. The van der Waals surface area contributed by atoms with Crippen LogP contribution >= 0.6 is 0 Å². The molecule has 1 aromatic carbocycles. The van der Waals surface area contributed by atoms with Crippen molar-refractivity contribution < 1.29 is 13.9 Å². The summed E-state index contributed by atoms with van der Waals surface area (Å²) in [6.07, 6.45) is 1.54. The van der Waals surface area contributed by atoms with Gasteiger partial charge < -0.3 is 19.7 Å². The normalized spacial score (nSPS) is 32.8. The molecule has 2 fully saturated rings. The molecular weight excluding hydrogens is 319 g/mol. The Hall–Kier alpha value is -1.43. The second kappa shape index (κ2) is 6.08. The fourth-order valence-corrected chi connectivity index (χ4v) is 5.44. The number of nitrogens with zero attached hydrogens (tertiary/aromatic N) is 1. The van der Waals surface area contributed by atoms with Gasteiger partial charge in [0.05, 0.1) is 12.6 Å². The largest absolute Gasteiger partial charge is 0.460 e. The Morgan fingerprint density at radius 2 is 2.16 bits per heavy atom. The van der Waals surface area contributed by atoms with Crippen molar-refractivity contribution in [1.82, 2.24) is 10.2 Å². The number of aliphatic hydroxyl groups excluding tert-OH is 1.